The summed E-state index contributed by atoms with van der Waals surface area (Å²) < 4.78 is 122. The highest BCUT2D eigenvalue weighted by atomic mass is 16.8. The molecule has 24 heteroatoms. The Balaban J connectivity index is 0.897. The summed E-state index contributed by atoms with van der Waals surface area (Å²) >= 11 is 0. The molecule has 5 heterocycles. The molecule has 1 unspecified atom stereocenters. The molecule has 572 valence electrons. The van der Waals surface area contributed by atoms with Gasteiger partial charge in [0.15, 0.2) is 31.3 Å². The first-order valence-corrected chi connectivity index (χ1v) is 36.4. The molecule has 8 aromatic rings. The van der Waals surface area contributed by atoms with Crippen LogP contribution < -0.4 is 14.8 Å². The second kappa shape index (κ2) is 38.8. The number of hydrogen-bond acceptors (Lipinski definition) is 23. The number of esters is 1. The lowest BCUT2D eigenvalue weighted by atomic mass is 9.94. The number of ether oxygens (including phenoxy) is 18. The van der Waals surface area contributed by atoms with E-state index in [9.17, 15) is 24.9 Å². The maximum atomic E-state index is 14.0. The zero-order chi connectivity index (χ0) is 74.6. The van der Waals surface area contributed by atoms with Crippen molar-refractivity contribution >= 4 is 11.9 Å². The van der Waals surface area contributed by atoms with Gasteiger partial charge in [0.25, 0.3) is 0 Å². The number of aliphatic hydroxyl groups is 3. The van der Waals surface area contributed by atoms with Crippen LogP contribution in [0.25, 0.3) is 0 Å². The van der Waals surface area contributed by atoms with Gasteiger partial charge in [-0.1, -0.05) is 212 Å². The quantitative estimate of drug-likeness (QED) is 0.0279. The fraction of sp³-hybridized carbons (Fsp3) is 0.405. The number of nitrogens with one attached hydrogen (secondary N) is 1. The molecule has 21 atom stereocenters. The summed E-state index contributed by atoms with van der Waals surface area (Å²) in [6.45, 7) is 2.03. The number of hydrogen-bond donors (Lipinski definition) is 4. The van der Waals surface area contributed by atoms with E-state index in [-0.39, 0.29) is 66.1 Å². The molecule has 0 aromatic heterocycles. The summed E-state index contributed by atoms with van der Waals surface area (Å²) in [6.07, 6.45) is -27.3. The van der Waals surface area contributed by atoms with Gasteiger partial charge in [0.2, 0.25) is 12.2 Å². The van der Waals surface area contributed by atoms with Crippen molar-refractivity contribution in [2.24, 2.45) is 0 Å². The molecular formula is C84H93NO23. The predicted octanol–water partition coefficient (Wildman–Crippen LogP) is 9.17. The summed E-state index contributed by atoms with van der Waals surface area (Å²) in [4.78, 5) is 27.8. The first-order chi connectivity index (χ1) is 52.9. The van der Waals surface area contributed by atoms with Crippen LogP contribution in [0.1, 0.15) is 59.1 Å². The Morgan fingerprint density at radius 2 is 0.806 bits per heavy atom. The maximum Gasteiger partial charge on any atom is 0.303 e. The monoisotopic (exact) mass is 1480 g/mol. The lowest BCUT2D eigenvalue weighted by molar-refractivity contribution is -0.394. The third-order valence-electron chi connectivity index (χ3n) is 19.2. The molecule has 0 saturated carbocycles. The van der Waals surface area contributed by atoms with Gasteiger partial charge in [0, 0.05) is 19.4 Å². The summed E-state index contributed by atoms with van der Waals surface area (Å²) in [6, 6.07) is 71.7. The van der Waals surface area contributed by atoms with Crippen LogP contribution >= 0.6 is 0 Å². The minimum absolute atomic E-state index is 0.0391. The number of fused-ring (bicyclic) bond motifs is 1. The molecule has 5 saturated heterocycles. The fourth-order valence-corrected chi connectivity index (χ4v) is 13.8. The van der Waals surface area contributed by atoms with Crippen LogP contribution in [0.3, 0.4) is 0 Å². The number of benzene rings is 8. The molecule has 1 amide bonds. The molecule has 0 spiro atoms. The molecule has 13 rings (SSSR count). The van der Waals surface area contributed by atoms with Crippen LogP contribution in [0.5, 0.6) is 11.5 Å². The molecule has 5 aliphatic heterocycles. The zero-order valence-electron chi connectivity index (χ0n) is 60.2. The molecular weight excluding hydrogens is 1390 g/mol. The molecule has 5 fully saturated rings. The molecule has 8 aromatic carbocycles. The van der Waals surface area contributed by atoms with Gasteiger partial charge in [-0.3, -0.25) is 9.59 Å². The minimum Gasteiger partial charge on any atom is -0.497 e. The van der Waals surface area contributed by atoms with Gasteiger partial charge in [0.1, 0.15) is 103 Å². The number of carbonyl (C=O) groups is 2. The van der Waals surface area contributed by atoms with E-state index in [1.54, 1.807) is 31.4 Å². The molecule has 0 bridgehead atoms. The molecule has 0 radical (unpaired) electrons. The Kier molecular flexibility index (Phi) is 27.9. The van der Waals surface area contributed by atoms with E-state index in [1.165, 1.54) is 13.8 Å². The standard InChI is InChI=1S/C84H93NO23/c1-53(86)85-68-69(88)72(106-82-71(90)70(89)73-67(102-82)52-98-80(105-73)61-37-23-10-24-38-61)64(49-92-43-55-25-11-4-12-26-55)101-81(68)108-77-75(99-54(2)87)66(51-94-45-57-29-15-6-16-30-57)104-84(79(77)97-48-60-35-21-9-22-36-60)107-74-65(50-93-44-56-27-13-5-14-28-56)103-83(100-63-41-39-62(91-3)40-42-63)78(96-47-59-33-19-8-20-34-59)76(74)95-46-58-31-17-7-18-32-58/h4-42,64-84,88-90H,43-52H2,1-3H3,(H,85,86)/t64-,65-,66-,67-,68-,69-,70-,71-,72-,73+,74-,75+,76+,77+,78-,79-,80?,81+,82+,83-,84+/m1/s1. The van der Waals surface area contributed by atoms with Crippen LogP contribution in [0.4, 0.5) is 0 Å². The van der Waals surface area contributed by atoms with Crippen molar-refractivity contribution in [1.82, 2.24) is 5.32 Å². The first-order valence-electron chi connectivity index (χ1n) is 36.4. The van der Waals surface area contributed by atoms with Crippen molar-refractivity contribution in [3.8, 4) is 11.5 Å². The van der Waals surface area contributed by atoms with E-state index in [0.29, 0.717) is 22.6 Å². The third kappa shape index (κ3) is 20.7. The SMILES string of the molecule is COc1ccc(O[C@@H]2O[C@H](COCc3ccccc3)[C@@H](O[C@@H]3O[C@H](COCc4ccccc4)[C@H](OC(C)=O)[C@H](O[C@@H]4O[C@H](COCc5ccccc5)[C@@H](O[C@@H]5O[C@@H]6COC(c7ccccc7)O[C@@H]6[C@H](O)[C@H]5O)[C@H](O)[C@H]4NC(C)=O)[C@H]3OCc3ccccc3)[C@H](OCc3ccccc3)[C@H]2OCc2ccccc2)cc1. The molecule has 24 nitrogen and oxygen atoms in total. The topological polar surface area (TPSA) is 273 Å². The number of carbonyl (C=O) groups excluding carboxylic acids is 2. The van der Waals surface area contributed by atoms with Crippen molar-refractivity contribution in [3.05, 3.63) is 276 Å². The zero-order valence-corrected chi connectivity index (χ0v) is 60.2. The van der Waals surface area contributed by atoms with E-state index in [2.05, 4.69) is 5.32 Å². The van der Waals surface area contributed by atoms with Crippen LogP contribution in [0.2, 0.25) is 0 Å². The second-order valence-corrected chi connectivity index (χ2v) is 27.0. The highest BCUT2D eigenvalue weighted by Gasteiger charge is 2.59. The molecule has 5 aliphatic rings. The van der Waals surface area contributed by atoms with Crippen molar-refractivity contribution < 1.29 is 110 Å². The first kappa shape index (κ1) is 77.7. The van der Waals surface area contributed by atoms with E-state index in [4.69, 9.17) is 85.3 Å². The van der Waals surface area contributed by atoms with E-state index >= 15 is 0 Å². The molecule has 108 heavy (non-hydrogen) atoms. The summed E-state index contributed by atoms with van der Waals surface area (Å²) in [5.41, 5.74) is 5.56. The highest BCUT2D eigenvalue weighted by Crippen LogP contribution is 2.41. The summed E-state index contributed by atoms with van der Waals surface area (Å²) in [5.74, 6) is -0.350. The van der Waals surface area contributed by atoms with E-state index in [0.717, 1.165) is 27.8 Å². The predicted molar refractivity (Wildman–Crippen MR) is 387 cm³/mol. The summed E-state index contributed by atoms with van der Waals surface area (Å²) in [7, 11) is 1.58. The maximum absolute atomic E-state index is 14.0. The molecule has 0 aliphatic carbocycles. The average Bonchev–Trinajstić information content (AvgIpc) is 0.764. The average molecular weight is 1480 g/mol. The van der Waals surface area contributed by atoms with E-state index in [1.807, 2.05) is 212 Å². The lowest BCUT2D eigenvalue weighted by Crippen LogP contribution is -2.70. The van der Waals surface area contributed by atoms with Crippen LogP contribution in [-0.2, 0) is 125 Å². The second-order valence-electron chi connectivity index (χ2n) is 27.0. The van der Waals surface area contributed by atoms with Crippen LogP contribution in [0, 0.1) is 0 Å². The number of methoxy groups -OCH3 is 1. The number of rotatable bonds is 33. The van der Waals surface area contributed by atoms with Gasteiger partial charge in [-0.05, 0) is 57.6 Å². The van der Waals surface area contributed by atoms with Crippen molar-refractivity contribution in [2.45, 2.75) is 183 Å². The van der Waals surface area contributed by atoms with Gasteiger partial charge in [-0.15, -0.1) is 0 Å². The third-order valence-corrected chi connectivity index (χ3v) is 19.2. The molecule has 4 N–H and O–H groups in total. The highest BCUT2D eigenvalue weighted by molar-refractivity contribution is 5.73. The van der Waals surface area contributed by atoms with Gasteiger partial charge in [0.05, 0.1) is 73.2 Å². The normalized spacial score (nSPS) is 29.8. The minimum atomic E-state index is -1.79. The van der Waals surface area contributed by atoms with Crippen molar-refractivity contribution in [2.75, 3.05) is 33.5 Å². The van der Waals surface area contributed by atoms with Crippen LogP contribution in [0.15, 0.2) is 237 Å². The van der Waals surface area contributed by atoms with Gasteiger partial charge >= 0.3 is 5.97 Å². The Morgan fingerprint density at radius 3 is 1.29 bits per heavy atom. The Morgan fingerprint density at radius 1 is 0.398 bits per heavy atom. The van der Waals surface area contributed by atoms with Crippen molar-refractivity contribution in [1.29, 1.82) is 0 Å². The van der Waals surface area contributed by atoms with E-state index < -0.39 is 141 Å². The smallest absolute Gasteiger partial charge is 0.303 e. The Labute approximate surface area is 627 Å². The summed E-state index contributed by atoms with van der Waals surface area (Å²) in [5, 5.41) is 39.9. The fourth-order valence-electron chi connectivity index (χ4n) is 13.8. The largest absolute Gasteiger partial charge is 0.497 e. The number of aliphatic hydroxyl groups excluding tert-OH is 3. The Bertz CT molecular complexity index is 3960. The van der Waals surface area contributed by atoms with Gasteiger partial charge < -0.3 is 106 Å². The van der Waals surface area contributed by atoms with Gasteiger partial charge in [-0.25, -0.2) is 0 Å². The van der Waals surface area contributed by atoms with Crippen molar-refractivity contribution in [3.63, 3.8) is 0 Å². The van der Waals surface area contributed by atoms with Gasteiger partial charge in [-0.2, -0.15) is 0 Å². The van der Waals surface area contributed by atoms with Crippen LogP contribution in [-0.4, -0.2) is 183 Å². The lowest BCUT2D eigenvalue weighted by Gasteiger charge is -2.52. The number of amides is 1. The Hall–Kier alpha value is -8.42.